The van der Waals surface area contributed by atoms with E-state index in [1.165, 1.54) is 12.1 Å². The van der Waals surface area contributed by atoms with Gasteiger partial charge in [-0.1, -0.05) is 27.5 Å². The van der Waals surface area contributed by atoms with Crippen molar-refractivity contribution in [2.75, 3.05) is 6.26 Å². The van der Waals surface area contributed by atoms with Crippen LogP contribution in [0.1, 0.15) is 0 Å². The fourth-order valence-electron chi connectivity index (χ4n) is 0.743. The van der Waals surface area contributed by atoms with Crippen molar-refractivity contribution in [2.24, 2.45) is 0 Å². The van der Waals surface area contributed by atoms with Gasteiger partial charge in [-0.2, -0.15) is 0 Å². The molecule has 1 aromatic carbocycles. The Bertz CT molecular complexity index is 380. The quantitative estimate of drug-likeness (QED) is 0.785. The van der Waals surface area contributed by atoms with Gasteiger partial charge in [-0.05, 0) is 18.2 Å². The number of rotatable bonds is 1. The van der Waals surface area contributed by atoms with Gasteiger partial charge in [-0.15, -0.1) is 0 Å². The first kappa shape index (κ1) is 10.0. The Hall–Kier alpha value is -0.0600. The van der Waals surface area contributed by atoms with Crippen LogP contribution in [0, 0.1) is 0 Å². The van der Waals surface area contributed by atoms with Crippen LogP contribution >= 0.6 is 27.5 Å². The van der Waals surface area contributed by atoms with Gasteiger partial charge >= 0.3 is 0 Å². The minimum absolute atomic E-state index is 0.224. The molecule has 0 heterocycles. The van der Waals surface area contributed by atoms with E-state index in [1.807, 2.05) is 0 Å². The lowest BCUT2D eigenvalue weighted by Crippen LogP contribution is -1.96. The van der Waals surface area contributed by atoms with Crippen molar-refractivity contribution in [1.82, 2.24) is 0 Å². The Morgan fingerprint density at radius 1 is 1.33 bits per heavy atom. The van der Waals surface area contributed by atoms with Gasteiger partial charge in [0.2, 0.25) is 0 Å². The summed E-state index contributed by atoms with van der Waals surface area (Å²) < 4.78 is 22.8. The molecule has 0 spiro atoms. The summed E-state index contributed by atoms with van der Waals surface area (Å²) in [7, 11) is -3.16. The van der Waals surface area contributed by atoms with E-state index in [4.69, 9.17) is 11.6 Å². The van der Waals surface area contributed by atoms with Crippen LogP contribution in [0.4, 0.5) is 0 Å². The molecule has 0 saturated heterocycles. The summed E-state index contributed by atoms with van der Waals surface area (Å²) in [6, 6.07) is 4.57. The molecule has 1 rings (SSSR count). The molecule has 2 nitrogen and oxygen atoms in total. The first-order valence-corrected chi connectivity index (χ1v) is 6.12. The van der Waals surface area contributed by atoms with Gasteiger partial charge in [0.1, 0.15) is 0 Å². The van der Waals surface area contributed by atoms with E-state index in [2.05, 4.69) is 15.9 Å². The van der Waals surface area contributed by atoms with E-state index in [1.54, 1.807) is 6.07 Å². The van der Waals surface area contributed by atoms with Crippen LogP contribution in [0.5, 0.6) is 0 Å². The SMILES string of the molecule is CS(=O)(=O)c1cc(Cl)cc(Br)c1. The molecule has 0 amide bonds. The van der Waals surface area contributed by atoms with Crippen molar-refractivity contribution < 1.29 is 8.42 Å². The molecule has 0 atom stereocenters. The Balaban J connectivity index is 3.37. The number of sulfone groups is 1. The van der Waals surface area contributed by atoms with E-state index in [0.29, 0.717) is 9.50 Å². The van der Waals surface area contributed by atoms with Crippen molar-refractivity contribution in [2.45, 2.75) is 4.90 Å². The summed E-state index contributed by atoms with van der Waals surface area (Å²) in [6.07, 6.45) is 1.14. The highest BCUT2D eigenvalue weighted by Gasteiger charge is 2.08. The van der Waals surface area contributed by atoms with Gasteiger partial charge in [0.05, 0.1) is 4.90 Å². The molecule has 0 unspecified atom stereocenters. The third-order valence-corrected chi connectivity index (χ3v) is 3.03. The van der Waals surface area contributed by atoms with E-state index < -0.39 is 9.84 Å². The van der Waals surface area contributed by atoms with Gasteiger partial charge in [-0.25, -0.2) is 8.42 Å². The third kappa shape index (κ3) is 2.47. The third-order valence-electron chi connectivity index (χ3n) is 1.26. The number of hydrogen-bond donors (Lipinski definition) is 0. The molecule has 0 aliphatic carbocycles. The summed E-state index contributed by atoms with van der Waals surface area (Å²) in [5.41, 5.74) is 0. The molecule has 0 aliphatic heterocycles. The van der Waals surface area contributed by atoms with Gasteiger partial charge in [-0.3, -0.25) is 0 Å². The molecule has 0 bridgehead atoms. The highest BCUT2D eigenvalue weighted by molar-refractivity contribution is 9.10. The summed E-state index contributed by atoms with van der Waals surface area (Å²) >= 11 is 8.82. The zero-order chi connectivity index (χ0) is 9.35. The summed E-state index contributed by atoms with van der Waals surface area (Å²) in [4.78, 5) is 0.224. The van der Waals surface area contributed by atoms with Crippen LogP contribution in [0.15, 0.2) is 27.6 Å². The Labute approximate surface area is 84.6 Å². The predicted molar refractivity (Wildman–Crippen MR) is 52.3 cm³/mol. The number of hydrogen-bond acceptors (Lipinski definition) is 2. The maximum Gasteiger partial charge on any atom is 0.175 e. The molecule has 5 heteroatoms. The molecular weight excluding hydrogens is 263 g/mol. The molecule has 12 heavy (non-hydrogen) atoms. The predicted octanol–water partition coefficient (Wildman–Crippen LogP) is 2.51. The van der Waals surface area contributed by atoms with E-state index in [0.717, 1.165) is 6.26 Å². The van der Waals surface area contributed by atoms with Crippen LogP contribution < -0.4 is 0 Å². The van der Waals surface area contributed by atoms with Crippen LogP contribution in [0.25, 0.3) is 0 Å². The van der Waals surface area contributed by atoms with Gasteiger partial charge in [0.15, 0.2) is 9.84 Å². The van der Waals surface area contributed by atoms with Crippen molar-refractivity contribution >= 4 is 37.4 Å². The van der Waals surface area contributed by atoms with Crippen molar-refractivity contribution in [3.63, 3.8) is 0 Å². The monoisotopic (exact) mass is 268 g/mol. The molecule has 0 aliphatic rings. The maximum atomic E-state index is 11.1. The average Bonchev–Trinajstić information content (AvgIpc) is 1.82. The van der Waals surface area contributed by atoms with Crippen molar-refractivity contribution in [3.8, 4) is 0 Å². The highest BCUT2D eigenvalue weighted by Crippen LogP contribution is 2.22. The average molecular weight is 270 g/mol. The van der Waals surface area contributed by atoms with Crippen LogP contribution in [0.3, 0.4) is 0 Å². The standard InChI is InChI=1S/C7H6BrClO2S/c1-12(10,11)7-3-5(8)2-6(9)4-7/h2-4H,1H3. The topological polar surface area (TPSA) is 34.1 Å². The van der Waals surface area contributed by atoms with Crippen molar-refractivity contribution in [3.05, 3.63) is 27.7 Å². The highest BCUT2D eigenvalue weighted by atomic mass is 79.9. The fraction of sp³-hybridized carbons (Fsp3) is 0.143. The van der Waals surface area contributed by atoms with Gasteiger partial charge in [0.25, 0.3) is 0 Å². The molecular formula is C7H6BrClO2S. The lowest BCUT2D eigenvalue weighted by molar-refractivity contribution is 0.602. The molecule has 0 aromatic heterocycles. The minimum Gasteiger partial charge on any atom is -0.224 e. The second-order valence-electron chi connectivity index (χ2n) is 2.38. The van der Waals surface area contributed by atoms with E-state index >= 15 is 0 Å². The molecule has 0 radical (unpaired) electrons. The Kier molecular flexibility index (Phi) is 2.81. The first-order chi connectivity index (χ1) is 5.39. The fourth-order valence-corrected chi connectivity index (χ4v) is 2.50. The number of benzene rings is 1. The minimum atomic E-state index is -3.16. The molecule has 66 valence electrons. The molecule has 0 N–H and O–H groups in total. The Morgan fingerprint density at radius 3 is 2.33 bits per heavy atom. The lowest BCUT2D eigenvalue weighted by Gasteiger charge is -1.99. The summed E-state index contributed by atoms with van der Waals surface area (Å²) in [5, 5.41) is 0.407. The largest absolute Gasteiger partial charge is 0.224 e. The van der Waals surface area contributed by atoms with Crippen LogP contribution in [0.2, 0.25) is 5.02 Å². The lowest BCUT2D eigenvalue weighted by atomic mass is 10.4. The Morgan fingerprint density at radius 2 is 1.92 bits per heavy atom. The maximum absolute atomic E-state index is 11.1. The zero-order valence-electron chi connectivity index (χ0n) is 6.21. The smallest absolute Gasteiger partial charge is 0.175 e. The second kappa shape index (κ2) is 3.36. The summed E-state index contributed by atoms with van der Waals surface area (Å²) in [6.45, 7) is 0. The van der Waals surface area contributed by atoms with Crippen molar-refractivity contribution in [1.29, 1.82) is 0 Å². The first-order valence-electron chi connectivity index (χ1n) is 3.06. The summed E-state index contributed by atoms with van der Waals surface area (Å²) in [5.74, 6) is 0. The molecule has 0 saturated carbocycles. The number of halogens is 2. The van der Waals surface area contributed by atoms with Gasteiger partial charge < -0.3 is 0 Å². The molecule has 1 aromatic rings. The van der Waals surface area contributed by atoms with Crippen LogP contribution in [-0.2, 0) is 9.84 Å². The second-order valence-corrected chi connectivity index (χ2v) is 5.75. The van der Waals surface area contributed by atoms with E-state index in [9.17, 15) is 8.42 Å². The molecule has 0 fully saturated rings. The van der Waals surface area contributed by atoms with Gasteiger partial charge in [0, 0.05) is 15.8 Å². The van der Waals surface area contributed by atoms with Crippen LogP contribution in [-0.4, -0.2) is 14.7 Å². The normalized spacial score (nSPS) is 11.6. The zero-order valence-corrected chi connectivity index (χ0v) is 9.37. The van der Waals surface area contributed by atoms with E-state index in [-0.39, 0.29) is 4.90 Å².